The van der Waals surface area contributed by atoms with E-state index in [1.165, 1.54) is 6.07 Å². The van der Waals surface area contributed by atoms with Gasteiger partial charge in [-0.05, 0) is 36.6 Å². The molecule has 1 N–H and O–H groups in total. The van der Waals surface area contributed by atoms with Gasteiger partial charge in [-0.1, -0.05) is 48.5 Å². The monoisotopic (exact) mass is 338 g/mol. The van der Waals surface area contributed by atoms with Crippen LogP contribution in [0.2, 0.25) is 0 Å². The van der Waals surface area contributed by atoms with Crippen LogP contribution in [-0.4, -0.2) is 23.9 Å². The first-order chi connectivity index (χ1) is 12.1. The fourth-order valence-electron chi connectivity index (χ4n) is 3.07. The normalized spacial score (nSPS) is 16.2. The lowest BCUT2D eigenvalue weighted by Crippen LogP contribution is -2.34. The number of benzene rings is 2. The average Bonchev–Trinajstić information content (AvgIpc) is 2.63. The number of carbonyl (C=O) groups is 1. The van der Waals surface area contributed by atoms with Crippen molar-refractivity contribution in [1.82, 2.24) is 10.2 Å². The minimum absolute atomic E-state index is 0.00163. The Morgan fingerprint density at radius 2 is 2.00 bits per heavy atom. The fraction of sp³-hybridized carbons (Fsp3) is 0.286. The molecule has 0 radical (unpaired) electrons. The summed E-state index contributed by atoms with van der Waals surface area (Å²) in [6, 6.07) is 16.6. The Balaban J connectivity index is 1.54. The van der Waals surface area contributed by atoms with Gasteiger partial charge in [0.2, 0.25) is 5.91 Å². The van der Waals surface area contributed by atoms with E-state index in [9.17, 15) is 9.18 Å². The molecule has 0 saturated heterocycles. The molecule has 2 aromatic carbocycles. The topological polar surface area (TPSA) is 32.3 Å². The van der Waals surface area contributed by atoms with Gasteiger partial charge >= 0.3 is 0 Å². The lowest BCUT2D eigenvalue weighted by Gasteiger charge is -2.26. The maximum Gasteiger partial charge on any atom is 0.247 e. The van der Waals surface area contributed by atoms with Crippen molar-refractivity contribution >= 4 is 5.91 Å². The van der Waals surface area contributed by atoms with Gasteiger partial charge < -0.3 is 5.32 Å². The molecule has 3 nitrogen and oxygen atoms in total. The highest BCUT2D eigenvalue weighted by Gasteiger charge is 2.18. The predicted octanol–water partition coefficient (Wildman–Crippen LogP) is 3.84. The quantitative estimate of drug-likeness (QED) is 0.898. The largest absolute Gasteiger partial charge is 0.346 e. The van der Waals surface area contributed by atoms with Gasteiger partial charge in [0.1, 0.15) is 5.82 Å². The molecule has 1 aliphatic rings. The Bertz CT molecular complexity index is 758. The third-order valence-corrected chi connectivity index (χ3v) is 4.53. The second-order valence-corrected chi connectivity index (χ2v) is 6.45. The van der Waals surface area contributed by atoms with Crippen molar-refractivity contribution in [2.75, 3.05) is 13.1 Å². The van der Waals surface area contributed by atoms with Crippen LogP contribution in [0.25, 0.3) is 0 Å². The zero-order valence-electron chi connectivity index (χ0n) is 14.4. The summed E-state index contributed by atoms with van der Waals surface area (Å²) < 4.78 is 13.3. The number of amides is 1. The molecule has 25 heavy (non-hydrogen) atoms. The third kappa shape index (κ3) is 4.77. The van der Waals surface area contributed by atoms with E-state index in [0.29, 0.717) is 19.5 Å². The summed E-state index contributed by atoms with van der Waals surface area (Å²) in [5.74, 6) is -0.207. The highest BCUT2D eigenvalue weighted by Crippen LogP contribution is 2.17. The molecule has 0 fully saturated rings. The van der Waals surface area contributed by atoms with Crippen LogP contribution in [0, 0.1) is 5.82 Å². The summed E-state index contributed by atoms with van der Waals surface area (Å²) in [6.45, 7) is 4.20. The summed E-state index contributed by atoms with van der Waals surface area (Å²) in [4.78, 5) is 14.7. The SMILES string of the molecule is C[C@H](NC(=O)C1=CCN(Cc2cccc(F)c2)CC1)c1ccccc1. The molecule has 1 heterocycles. The zero-order chi connectivity index (χ0) is 17.6. The molecular weight excluding hydrogens is 315 g/mol. The number of hydrogen-bond acceptors (Lipinski definition) is 2. The zero-order valence-corrected chi connectivity index (χ0v) is 14.4. The average molecular weight is 338 g/mol. The Labute approximate surface area is 148 Å². The second kappa shape index (κ2) is 8.08. The first-order valence-electron chi connectivity index (χ1n) is 8.63. The summed E-state index contributed by atoms with van der Waals surface area (Å²) in [7, 11) is 0. The van der Waals surface area contributed by atoms with Crippen LogP contribution in [0.4, 0.5) is 4.39 Å². The Morgan fingerprint density at radius 3 is 2.68 bits per heavy atom. The molecule has 2 aromatic rings. The van der Waals surface area contributed by atoms with Crippen LogP contribution in [-0.2, 0) is 11.3 Å². The minimum Gasteiger partial charge on any atom is -0.346 e. The van der Waals surface area contributed by atoms with Gasteiger partial charge in [0.25, 0.3) is 0 Å². The number of carbonyl (C=O) groups excluding carboxylic acids is 1. The second-order valence-electron chi connectivity index (χ2n) is 6.45. The van der Waals surface area contributed by atoms with Gasteiger partial charge in [-0.25, -0.2) is 4.39 Å². The van der Waals surface area contributed by atoms with Gasteiger partial charge in [-0.15, -0.1) is 0 Å². The van der Waals surface area contributed by atoms with Crippen LogP contribution < -0.4 is 5.32 Å². The van der Waals surface area contributed by atoms with Gasteiger partial charge in [-0.2, -0.15) is 0 Å². The molecule has 0 unspecified atom stereocenters. The van der Waals surface area contributed by atoms with E-state index in [1.54, 1.807) is 12.1 Å². The standard InChI is InChI=1S/C21H23FN2O/c1-16(18-7-3-2-4-8-18)23-21(25)19-10-12-24(13-11-19)15-17-6-5-9-20(22)14-17/h2-10,14,16H,11-13,15H2,1H3,(H,23,25)/t16-/m0/s1. The molecule has 0 saturated carbocycles. The molecular formula is C21H23FN2O. The molecule has 1 atom stereocenters. The number of halogens is 1. The number of nitrogens with one attached hydrogen (secondary N) is 1. The van der Waals surface area contributed by atoms with Crippen molar-refractivity contribution in [2.45, 2.75) is 25.9 Å². The first kappa shape index (κ1) is 17.4. The highest BCUT2D eigenvalue weighted by molar-refractivity contribution is 5.93. The van der Waals surface area contributed by atoms with E-state index >= 15 is 0 Å². The Morgan fingerprint density at radius 1 is 1.20 bits per heavy atom. The van der Waals surface area contributed by atoms with Crippen molar-refractivity contribution < 1.29 is 9.18 Å². The molecule has 0 spiro atoms. The molecule has 0 aromatic heterocycles. The van der Waals surface area contributed by atoms with E-state index in [0.717, 1.165) is 23.2 Å². The van der Waals surface area contributed by atoms with Crippen molar-refractivity contribution in [3.63, 3.8) is 0 Å². The summed E-state index contributed by atoms with van der Waals surface area (Å²) in [6.07, 6.45) is 2.69. The smallest absolute Gasteiger partial charge is 0.247 e. The molecule has 130 valence electrons. The molecule has 0 bridgehead atoms. The van der Waals surface area contributed by atoms with Crippen LogP contribution >= 0.6 is 0 Å². The number of nitrogens with zero attached hydrogens (tertiary/aromatic N) is 1. The van der Waals surface area contributed by atoms with Gasteiger partial charge in [0.15, 0.2) is 0 Å². The first-order valence-corrected chi connectivity index (χ1v) is 8.63. The van der Waals surface area contributed by atoms with E-state index in [2.05, 4.69) is 10.2 Å². The predicted molar refractivity (Wildman–Crippen MR) is 97.4 cm³/mol. The minimum atomic E-state index is -0.208. The van der Waals surface area contributed by atoms with Crippen molar-refractivity contribution in [2.24, 2.45) is 0 Å². The molecule has 1 aliphatic heterocycles. The van der Waals surface area contributed by atoms with Crippen molar-refractivity contribution in [3.8, 4) is 0 Å². The summed E-state index contributed by atoms with van der Waals surface area (Å²) in [5, 5.41) is 3.06. The van der Waals surface area contributed by atoms with Crippen LogP contribution in [0.5, 0.6) is 0 Å². The van der Waals surface area contributed by atoms with Gasteiger partial charge in [-0.3, -0.25) is 9.69 Å². The van der Waals surface area contributed by atoms with E-state index in [4.69, 9.17) is 0 Å². The highest BCUT2D eigenvalue weighted by atomic mass is 19.1. The molecule has 0 aliphatic carbocycles. The van der Waals surface area contributed by atoms with Crippen molar-refractivity contribution in [1.29, 1.82) is 0 Å². The molecule has 3 rings (SSSR count). The Kier molecular flexibility index (Phi) is 5.61. The van der Waals surface area contributed by atoms with Crippen molar-refractivity contribution in [3.05, 3.63) is 83.2 Å². The lowest BCUT2D eigenvalue weighted by molar-refractivity contribution is -0.118. The number of hydrogen-bond donors (Lipinski definition) is 1. The summed E-state index contributed by atoms with van der Waals surface area (Å²) in [5.41, 5.74) is 2.89. The van der Waals surface area contributed by atoms with Crippen LogP contribution in [0.3, 0.4) is 0 Å². The maximum atomic E-state index is 13.3. The van der Waals surface area contributed by atoms with Gasteiger partial charge in [0, 0.05) is 25.2 Å². The number of rotatable bonds is 5. The third-order valence-electron chi connectivity index (χ3n) is 4.53. The molecule has 4 heteroatoms. The molecule has 1 amide bonds. The fourth-order valence-corrected chi connectivity index (χ4v) is 3.07. The van der Waals surface area contributed by atoms with E-state index < -0.39 is 0 Å². The van der Waals surface area contributed by atoms with E-state index in [1.807, 2.05) is 49.4 Å². The van der Waals surface area contributed by atoms with Crippen LogP contribution in [0.1, 0.15) is 30.5 Å². The van der Waals surface area contributed by atoms with Gasteiger partial charge in [0.05, 0.1) is 6.04 Å². The maximum absolute atomic E-state index is 13.3. The Hall–Kier alpha value is -2.46. The van der Waals surface area contributed by atoms with E-state index in [-0.39, 0.29) is 17.8 Å². The summed E-state index contributed by atoms with van der Waals surface area (Å²) >= 11 is 0. The lowest BCUT2D eigenvalue weighted by atomic mass is 10.0. The van der Waals surface area contributed by atoms with Crippen LogP contribution in [0.15, 0.2) is 66.2 Å².